The fourth-order valence-electron chi connectivity index (χ4n) is 4.26. The number of ether oxygens (including phenoxy) is 1. The van der Waals surface area contributed by atoms with Gasteiger partial charge in [-0.3, -0.25) is 0 Å². The third kappa shape index (κ3) is 3.94. The van der Waals surface area contributed by atoms with Crippen LogP contribution in [0.3, 0.4) is 0 Å². The molecule has 2 heterocycles. The molecule has 0 radical (unpaired) electrons. The molecular formula is C25H22F2N5O+. The number of H-pyrrole nitrogens is 2. The Balaban J connectivity index is 1.49. The van der Waals surface area contributed by atoms with Crippen LogP contribution in [0.15, 0.2) is 42.5 Å². The van der Waals surface area contributed by atoms with E-state index in [0.29, 0.717) is 12.4 Å². The topological polar surface area (TPSA) is 90.6 Å². The summed E-state index contributed by atoms with van der Waals surface area (Å²) in [4.78, 5) is 6.74. The highest BCUT2D eigenvalue weighted by Crippen LogP contribution is 2.41. The molecule has 3 aromatic carbocycles. The van der Waals surface area contributed by atoms with Crippen molar-refractivity contribution in [2.24, 2.45) is 0 Å². The summed E-state index contributed by atoms with van der Waals surface area (Å²) in [5.74, 6) is 0.0249. The molecule has 0 amide bonds. The van der Waals surface area contributed by atoms with Gasteiger partial charge in [0, 0.05) is 32.6 Å². The van der Waals surface area contributed by atoms with Gasteiger partial charge in [-0.25, -0.2) is 8.78 Å². The van der Waals surface area contributed by atoms with Gasteiger partial charge in [0.2, 0.25) is 0 Å². The maximum atomic E-state index is 14.0. The molecule has 0 saturated heterocycles. The van der Waals surface area contributed by atoms with Gasteiger partial charge in [-0.05, 0) is 61.7 Å². The summed E-state index contributed by atoms with van der Waals surface area (Å²) in [6.45, 7) is 1.23. The second-order valence-corrected chi connectivity index (χ2v) is 7.93. The van der Waals surface area contributed by atoms with E-state index in [-0.39, 0.29) is 11.6 Å². The molecule has 0 aliphatic rings. The van der Waals surface area contributed by atoms with Crippen molar-refractivity contribution in [1.82, 2.24) is 15.4 Å². The van der Waals surface area contributed by atoms with Crippen LogP contribution in [0.25, 0.3) is 43.6 Å². The van der Waals surface area contributed by atoms with Crippen LogP contribution in [-0.4, -0.2) is 29.3 Å². The standard InChI is InChI=1S/C25H21F2N5O/c26-15-4-6-21-17(12-15)19-14-20-18-13-16(27)5-7-22(18)32-24(20)25(23(19)31-21)33-11-3-1-2-9-29-30-10-8-28/h4-7,10,12-14,29,31-32H,1-3,9,11H2/p+1/b30-10-. The van der Waals surface area contributed by atoms with E-state index in [2.05, 4.69) is 20.5 Å². The second-order valence-electron chi connectivity index (χ2n) is 7.93. The number of hydrogen-bond acceptors (Lipinski definition) is 3. The number of rotatable bonds is 8. The first-order valence-corrected chi connectivity index (χ1v) is 10.8. The van der Waals surface area contributed by atoms with Gasteiger partial charge in [0.15, 0.2) is 11.8 Å². The van der Waals surface area contributed by atoms with Crippen molar-refractivity contribution in [3.05, 3.63) is 54.1 Å². The van der Waals surface area contributed by atoms with E-state index in [0.717, 1.165) is 69.4 Å². The lowest BCUT2D eigenvalue weighted by Crippen LogP contribution is -2.80. The molecular weight excluding hydrogens is 424 g/mol. The maximum absolute atomic E-state index is 14.0. The third-order valence-electron chi connectivity index (χ3n) is 5.78. The average Bonchev–Trinajstić information content (AvgIpc) is 3.35. The van der Waals surface area contributed by atoms with E-state index in [1.807, 2.05) is 12.1 Å². The molecule has 8 heteroatoms. The number of hydrogen-bond donors (Lipinski definition) is 4. The summed E-state index contributed by atoms with van der Waals surface area (Å²) >= 11 is 0. The quantitative estimate of drug-likeness (QED) is 0.165. The Hall–Kier alpha value is -4.12. The lowest BCUT2D eigenvalue weighted by molar-refractivity contribution is -0.520. The van der Waals surface area contributed by atoms with E-state index in [1.54, 1.807) is 12.1 Å². The van der Waals surface area contributed by atoms with Crippen molar-refractivity contribution in [3.8, 4) is 11.8 Å². The number of hydrazine groups is 1. The zero-order valence-corrected chi connectivity index (χ0v) is 17.8. The summed E-state index contributed by atoms with van der Waals surface area (Å²) in [6.07, 6.45) is 3.99. The van der Waals surface area contributed by atoms with Gasteiger partial charge >= 0.3 is 0 Å². The molecule has 5 rings (SSSR count). The number of aromatic nitrogens is 2. The smallest absolute Gasteiger partial charge is 0.267 e. The monoisotopic (exact) mass is 446 g/mol. The number of unbranched alkanes of at least 4 members (excludes halogenated alkanes) is 2. The van der Waals surface area contributed by atoms with Gasteiger partial charge in [0.25, 0.3) is 6.21 Å². The first-order chi connectivity index (χ1) is 16.2. The Morgan fingerprint density at radius 1 is 0.879 bits per heavy atom. The van der Waals surface area contributed by atoms with E-state index in [4.69, 9.17) is 10.00 Å². The van der Waals surface area contributed by atoms with Crippen molar-refractivity contribution in [3.63, 3.8) is 0 Å². The number of fused-ring (bicyclic) bond motifs is 6. The minimum absolute atomic E-state index is 0.314. The van der Waals surface area contributed by atoms with Crippen molar-refractivity contribution in [2.45, 2.75) is 19.3 Å². The number of benzene rings is 3. The summed E-state index contributed by atoms with van der Waals surface area (Å²) in [6, 6.07) is 13.1. The lowest BCUT2D eigenvalue weighted by atomic mass is 10.1. The van der Waals surface area contributed by atoms with Crippen LogP contribution in [-0.2, 0) is 0 Å². The van der Waals surface area contributed by atoms with E-state index in [1.165, 1.54) is 30.5 Å². The fourth-order valence-corrected chi connectivity index (χ4v) is 4.26. The zero-order valence-electron chi connectivity index (χ0n) is 17.8. The molecule has 0 spiro atoms. The molecule has 0 aliphatic carbocycles. The van der Waals surface area contributed by atoms with Gasteiger partial charge in [-0.15, -0.1) is 5.10 Å². The Kier molecular flexibility index (Phi) is 5.53. The van der Waals surface area contributed by atoms with Gasteiger partial charge in [-0.2, -0.15) is 10.7 Å². The van der Waals surface area contributed by atoms with Crippen LogP contribution in [0.5, 0.6) is 5.75 Å². The molecule has 166 valence electrons. The average molecular weight is 446 g/mol. The highest BCUT2D eigenvalue weighted by atomic mass is 19.1. The predicted molar refractivity (Wildman–Crippen MR) is 125 cm³/mol. The van der Waals surface area contributed by atoms with Gasteiger partial charge < -0.3 is 14.7 Å². The van der Waals surface area contributed by atoms with Crippen LogP contribution in [0.1, 0.15) is 19.3 Å². The molecule has 0 bridgehead atoms. The Morgan fingerprint density at radius 3 is 2.12 bits per heavy atom. The summed E-state index contributed by atoms with van der Waals surface area (Å²) < 4.78 is 34.2. The number of nitrogens with one attached hydrogen (secondary N) is 4. The number of halogens is 2. The Morgan fingerprint density at radius 2 is 1.52 bits per heavy atom. The maximum Gasteiger partial charge on any atom is 0.267 e. The summed E-state index contributed by atoms with van der Waals surface area (Å²) in [7, 11) is 0. The van der Waals surface area contributed by atoms with Crippen molar-refractivity contribution < 1.29 is 18.6 Å². The molecule has 0 aliphatic heterocycles. The van der Waals surface area contributed by atoms with E-state index in [9.17, 15) is 8.78 Å². The number of nitrogens with zero attached hydrogens (tertiary/aromatic N) is 1. The van der Waals surface area contributed by atoms with Gasteiger partial charge in [0.1, 0.15) is 11.6 Å². The molecule has 0 atom stereocenters. The van der Waals surface area contributed by atoms with Gasteiger partial charge in [-0.1, -0.05) is 0 Å². The fraction of sp³-hybridized carbons (Fsp3) is 0.200. The third-order valence-corrected chi connectivity index (χ3v) is 5.78. The summed E-state index contributed by atoms with van der Waals surface area (Å²) in [5.41, 5.74) is 6.14. The first kappa shape index (κ1) is 20.8. The number of aromatic amines is 2. The lowest BCUT2D eigenvalue weighted by Gasteiger charge is -2.09. The SMILES string of the molecule is N#C/C=[NH+]\NCCCCCOc1c2[nH]c3ccc(F)cc3c2cc2c1[nH]c1ccc(F)cc12. The normalized spacial score (nSPS) is 11.8. The molecule has 0 fully saturated rings. The molecule has 6 nitrogen and oxygen atoms in total. The molecule has 0 saturated carbocycles. The Bertz CT molecular complexity index is 1450. The highest BCUT2D eigenvalue weighted by Gasteiger charge is 2.18. The van der Waals surface area contributed by atoms with Crippen molar-refractivity contribution in [1.29, 1.82) is 5.26 Å². The Labute approximate surface area is 187 Å². The van der Waals surface area contributed by atoms with Crippen molar-refractivity contribution in [2.75, 3.05) is 13.2 Å². The number of nitriles is 1. The van der Waals surface area contributed by atoms with Crippen LogP contribution < -0.4 is 15.3 Å². The van der Waals surface area contributed by atoms with Crippen LogP contribution in [0, 0.1) is 23.0 Å². The van der Waals surface area contributed by atoms with Crippen LogP contribution in [0.4, 0.5) is 8.78 Å². The number of hydrazone groups is 1. The molecule has 33 heavy (non-hydrogen) atoms. The van der Waals surface area contributed by atoms with E-state index < -0.39 is 0 Å². The van der Waals surface area contributed by atoms with Crippen LogP contribution in [0.2, 0.25) is 0 Å². The molecule has 2 aromatic heterocycles. The molecule has 4 N–H and O–H groups in total. The first-order valence-electron chi connectivity index (χ1n) is 10.8. The van der Waals surface area contributed by atoms with E-state index >= 15 is 0 Å². The van der Waals surface area contributed by atoms with Crippen LogP contribution >= 0.6 is 0 Å². The second kappa shape index (κ2) is 8.79. The molecule has 5 aromatic rings. The predicted octanol–water partition coefficient (Wildman–Crippen LogP) is 3.96. The minimum atomic E-state index is -0.314. The van der Waals surface area contributed by atoms with Crippen molar-refractivity contribution >= 4 is 49.8 Å². The van der Waals surface area contributed by atoms with Gasteiger partial charge in [0.05, 0.1) is 24.2 Å². The zero-order chi connectivity index (χ0) is 22.8. The molecule has 0 unspecified atom stereocenters. The summed E-state index contributed by atoms with van der Waals surface area (Å²) in [5, 5.41) is 14.3. The minimum Gasteiger partial charge on any atom is -0.489 e. The largest absolute Gasteiger partial charge is 0.489 e. The highest BCUT2D eigenvalue weighted by molar-refractivity contribution is 6.20.